The van der Waals surface area contributed by atoms with E-state index in [1.54, 1.807) is 31.4 Å². The van der Waals surface area contributed by atoms with Gasteiger partial charge in [-0.25, -0.2) is 0 Å². The molecule has 1 amide bonds. The first-order valence-corrected chi connectivity index (χ1v) is 12.7. The van der Waals surface area contributed by atoms with Gasteiger partial charge in [-0.3, -0.25) is 4.79 Å². The third kappa shape index (κ3) is 4.81. The van der Waals surface area contributed by atoms with Gasteiger partial charge in [0.15, 0.2) is 23.0 Å². The maximum Gasteiger partial charge on any atom is 0.259 e. The lowest BCUT2D eigenvalue weighted by Crippen LogP contribution is -2.41. The highest BCUT2D eigenvalue weighted by atomic mass is 127. The minimum atomic E-state index is -0.140. The smallest absolute Gasteiger partial charge is 0.259 e. The Hall–Kier alpha value is -2.86. The number of benzene rings is 2. The molecule has 0 bridgehead atoms. The lowest BCUT2D eigenvalue weighted by Gasteiger charge is -2.30. The molecule has 0 unspecified atom stereocenters. The molecule has 1 saturated heterocycles. The highest BCUT2D eigenvalue weighted by Gasteiger charge is 2.26. The molecule has 0 atom stereocenters. The van der Waals surface area contributed by atoms with Crippen LogP contribution in [0.25, 0.3) is 10.9 Å². The molecular formula is C25H27IN4O5. The van der Waals surface area contributed by atoms with E-state index in [4.69, 9.17) is 18.9 Å². The van der Waals surface area contributed by atoms with Crippen LogP contribution in [0.5, 0.6) is 23.0 Å². The van der Waals surface area contributed by atoms with E-state index in [-0.39, 0.29) is 12.7 Å². The molecule has 5 rings (SSSR count). The molecule has 2 aliphatic rings. The molecule has 184 valence electrons. The molecule has 1 aromatic heterocycles. The number of rotatable bonds is 7. The van der Waals surface area contributed by atoms with Crippen LogP contribution in [0, 0.1) is 3.57 Å². The average molecular weight is 590 g/mol. The largest absolute Gasteiger partial charge is 0.493 e. The monoisotopic (exact) mass is 590 g/mol. The molecule has 0 N–H and O–H groups in total. The molecule has 3 aromatic rings. The molecule has 2 aliphatic heterocycles. The number of carbonyl (C=O) groups excluding carboxylic acids is 1. The second-order valence-electron chi connectivity index (χ2n) is 8.50. The zero-order valence-electron chi connectivity index (χ0n) is 19.8. The summed E-state index contributed by atoms with van der Waals surface area (Å²) in [6.07, 6.45) is 5.27. The molecule has 0 spiro atoms. The van der Waals surface area contributed by atoms with Crippen molar-refractivity contribution in [2.75, 3.05) is 52.1 Å². The number of nitrogens with zero attached hydrogens (tertiary/aromatic N) is 4. The maximum atomic E-state index is 14.1. The number of hydrogen-bond acceptors (Lipinski definition) is 8. The summed E-state index contributed by atoms with van der Waals surface area (Å²) in [5, 5.41) is 9.28. The first-order valence-electron chi connectivity index (χ1n) is 11.6. The summed E-state index contributed by atoms with van der Waals surface area (Å²) in [5.41, 5.74) is 1.86. The van der Waals surface area contributed by atoms with Gasteiger partial charge in [0, 0.05) is 28.1 Å². The maximum absolute atomic E-state index is 14.1. The number of ether oxygens (including phenoxy) is 4. The van der Waals surface area contributed by atoms with E-state index in [2.05, 4.69) is 37.7 Å². The molecule has 2 aromatic carbocycles. The van der Waals surface area contributed by atoms with Gasteiger partial charge in [-0.15, -0.1) is 0 Å². The molecule has 1 fully saturated rings. The number of fused-ring (bicyclic) bond motifs is 2. The Morgan fingerprint density at radius 3 is 2.51 bits per heavy atom. The number of aromatic nitrogens is 2. The number of piperidine rings is 1. The lowest BCUT2D eigenvalue weighted by molar-refractivity contribution is 0.0981. The highest BCUT2D eigenvalue weighted by molar-refractivity contribution is 14.1. The third-order valence-corrected chi connectivity index (χ3v) is 7.33. The summed E-state index contributed by atoms with van der Waals surface area (Å²) in [5.74, 6) is 2.21. The van der Waals surface area contributed by atoms with Crippen molar-refractivity contribution in [2.45, 2.75) is 19.3 Å². The number of anilines is 1. The van der Waals surface area contributed by atoms with Crippen molar-refractivity contribution < 1.29 is 23.7 Å². The Morgan fingerprint density at radius 2 is 1.77 bits per heavy atom. The Labute approximate surface area is 217 Å². The number of hydrogen-bond donors (Lipinski definition) is 0. The van der Waals surface area contributed by atoms with E-state index < -0.39 is 0 Å². The van der Waals surface area contributed by atoms with E-state index in [0.717, 1.165) is 28.6 Å². The van der Waals surface area contributed by atoms with Gasteiger partial charge < -0.3 is 28.7 Å². The van der Waals surface area contributed by atoms with Crippen molar-refractivity contribution in [3.8, 4) is 23.0 Å². The van der Waals surface area contributed by atoms with Crippen molar-refractivity contribution >= 4 is 45.1 Å². The predicted octanol–water partition coefficient (Wildman–Crippen LogP) is 4.11. The lowest BCUT2D eigenvalue weighted by atomic mass is 10.1. The Balaban J connectivity index is 1.57. The minimum Gasteiger partial charge on any atom is -0.493 e. The van der Waals surface area contributed by atoms with Gasteiger partial charge in [0.05, 0.1) is 37.2 Å². The number of methoxy groups -OCH3 is 2. The fourth-order valence-corrected chi connectivity index (χ4v) is 5.24. The second kappa shape index (κ2) is 10.4. The van der Waals surface area contributed by atoms with Crippen LogP contribution in [0.4, 0.5) is 5.69 Å². The molecule has 3 heterocycles. The van der Waals surface area contributed by atoms with E-state index >= 15 is 0 Å². The Kier molecular flexibility index (Phi) is 7.09. The van der Waals surface area contributed by atoms with Crippen LogP contribution in [0.2, 0.25) is 0 Å². The molecule has 10 heteroatoms. The number of likely N-dealkylation sites (tertiary alicyclic amines) is 1. The van der Waals surface area contributed by atoms with Crippen LogP contribution in [0.1, 0.15) is 29.6 Å². The van der Waals surface area contributed by atoms with Crippen molar-refractivity contribution in [3.63, 3.8) is 0 Å². The zero-order valence-corrected chi connectivity index (χ0v) is 21.9. The number of amides is 1. The summed E-state index contributed by atoms with van der Waals surface area (Å²) in [7, 11) is 3.15. The van der Waals surface area contributed by atoms with Gasteiger partial charge in [0.25, 0.3) is 5.91 Å². The van der Waals surface area contributed by atoms with Crippen molar-refractivity contribution in [1.82, 2.24) is 15.1 Å². The van der Waals surface area contributed by atoms with Crippen LogP contribution in [0.15, 0.2) is 30.5 Å². The fraction of sp³-hybridized carbons (Fsp3) is 0.400. The predicted molar refractivity (Wildman–Crippen MR) is 140 cm³/mol. The first kappa shape index (κ1) is 23.9. The van der Waals surface area contributed by atoms with Crippen LogP contribution in [0.3, 0.4) is 0 Å². The standard InChI is InChI=1S/C25H27IN4O5/c1-32-21-10-16(18(26)12-22(21)33-2)25(31)30(9-8-29-6-4-3-5-7-29)20-14-27-28-19-13-24-23(11-17(19)20)34-15-35-24/h10-14H,3-9,15H2,1-2H3. The molecule has 0 saturated carbocycles. The summed E-state index contributed by atoms with van der Waals surface area (Å²) >= 11 is 2.17. The van der Waals surface area contributed by atoms with Gasteiger partial charge in [0.1, 0.15) is 0 Å². The summed E-state index contributed by atoms with van der Waals surface area (Å²) in [6.45, 7) is 3.53. The number of halogens is 1. The Bertz CT molecular complexity index is 1250. The SMILES string of the molecule is COc1cc(I)c(C(=O)N(CCN2CCCCC2)c2cnnc3cc4c(cc23)OCO4)cc1OC. The van der Waals surface area contributed by atoms with Gasteiger partial charge in [-0.2, -0.15) is 10.2 Å². The highest BCUT2D eigenvalue weighted by Crippen LogP contribution is 2.39. The minimum absolute atomic E-state index is 0.140. The summed E-state index contributed by atoms with van der Waals surface area (Å²) in [6, 6.07) is 7.24. The van der Waals surface area contributed by atoms with E-state index in [1.807, 2.05) is 18.2 Å². The topological polar surface area (TPSA) is 86.3 Å². The van der Waals surface area contributed by atoms with E-state index in [1.165, 1.54) is 19.3 Å². The van der Waals surface area contributed by atoms with Gasteiger partial charge in [-0.1, -0.05) is 6.42 Å². The Morgan fingerprint density at radius 1 is 1.06 bits per heavy atom. The molecule has 0 radical (unpaired) electrons. The van der Waals surface area contributed by atoms with Crippen LogP contribution in [-0.4, -0.2) is 68.2 Å². The van der Waals surface area contributed by atoms with E-state index in [9.17, 15) is 4.79 Å². The fourth-order valence-electron chi connectivity index (χ4n) is 4.57. The van der Waals surface area contributed by atoms with Crippen LogP contribution >= 0.6 is 22.6 Å². The van der Waals surface area contributed by atoms with Gasteiger partial charge >= 0.3 is 0 Å². The quantitative estimate of drug-likeness (QED) is 0.381. The van der Waals surface area contributed by atoms with Crippen molar-refractivity contribution in [2.24, 2.45) is 0 Å². The van der Waals surface area contributed by atoms with Crippen molar-refractivity contribution in [1.29, 1.82) is 0 Å². The normalized spacial score (nSPS) is 15.3. The van der Waals surface area contributed by atoms with Crippen LogP contribution in [-0.2, 0) is 0 Å². The third-order valence-electron chi connectivity index (χ3n) is 6.44. The second-order valence-corrected chi connectivity index (χ2v) is 9.66. The number of carbonyl (C=O) groups is 1. The molecule has 9 nitrogen and oxygen atoms in total. The van der Waals surface area contributed by atoms with Crippen LogP contribution < -0.4 is 23.8 Å². The van der Waals surface area contributed by atoms with E-state index in [0.29, 0.717) is 46.3 Å². The summed E-state index contributed by atoms with van der Waals surface area (Å²) < 4.78 is 22.8. The van der Waals surface area contributed by atoms with Gasteiger partial charge in [0.2, 0.25) is 6.79 Å². The van der Waals surface area contributed by atoms with Gasteiger partial charge in [-0.05, 0) is 66.7 Å². The molecule has 35 heavy (non-hydrogen) atoms. The first-order chi connectivity index (χ1) is 17.1. The average Bonchev–Trinajstić information content (AvgIpc) is 3.35. The molecular weight excluding hydrogens is 563 g/mol. The molecule has 0 aliphatic carbocycles. The summed E-state index contributed by atoms with van der Waals surface area (Å²) in [4.78, 5) is 18.3. The zero-order chi connectivity index (χ0) is 24.4. The van der Waals surface area contributed by atoms with Crippen molar-refractivity contribution in [3.05, 3.63) is 39.6 Å².